The normalized spacial score (nSPS) is 12.8. The van der Waals surface area contributed by atoms with Crippen molar-refractivity contribution in [3.63, 3.8) is 0 Å². The molecule has 52 heavy (non-hydrogen) atoms. The van der Waals surface area contributed by atoms with E-state index in [4.69, 9.17) is 16.6 Å². The number of halogens is 1. The number of carbonyl (C=O) groups excluding carboxylic acids is 3. The number of aliphatic imine (C=N–C) groups is 1. The van der Waals surface area contributed by atoms with Crippen molar-refractivity contribution in [2.75, 3.05) is 18.4 Å². The Balaban J connectivity index is 1.28. The molecule has 3 heterocycles. The van der Waals surface area contributed by atoms with Gasteiger partial charge in [0.15, 0.2) is 0 Å². The minimum Gasteiger partial charge on any atom is -0.383 e. The third-order valence-electron chi connectivity index (χ3n) is 8.69. The third-order valence-corrected chi connectivity index (χ3v) is 10.1. The molecule has 3 amide bonds. The first-order valence-electron chi connectivity index (χ1n) is 17.0. The van der Waals surface area contributed by atoms with E-state index < -0.39 is 23.4 Å². The molecular formula is C37H42ClN9O4S. The summed E-state index contributed by atoms with van der Waals surface area (Å²) in [5.41, 5.74) is 3.90. The fourth-order valence-electron chi connectivity index (χ4n) is 5.76. The van der Waals surface area contributed by atoms with Gasteiger partial charge in [0.2, 0.25) is 11.8 Å². The zero-order valence-electron chi connectivity index (χ0n) is 30.2. The molecule has 0 aliphatic heterocycles. The summed E-state index contributed by atoms with van der Waals surface area (Å²) in [6.07, 6.45) is 1.81. The van der Waals surface area contributed by atoms with Crippen molar-refractivity contribution in [1.29, 1.82) is 0 Å². The lowest BCUT2D eigenvalue weighted by molar-refractivity contribution is -0.132. The van der Waals surface area contributed by atoms with Crippen LogP contribution in [0, 0.1) is 27.7 Å². The van der Waals surface area contributed by atoms with E-state index in [1.54, 1.807) is 30.4 Å². The number of benzene rings is 2. The van der Waals surface area contributed by atoms with Gasteiger partial charge >= 0.3 is 0 Å². The first kappa shape index (κ1) is 38.0. The number of aryl methyl sites for hydroxylation is 3. The summed E-state index contributed by atoms with van der Waals surface area (Å²) in [4.78, 5) is 56.8. The molecule has 0 fully saturated rings. The van der Waals surface area contributed by atoms with Crippen LogP contribution in [-0.2, 0) is 14.4 Å². The van der Waals surface area contributed by atoms with Crippen LogP contribution in [0.4, 0.5) is 5.69 Å². The molecule has 15 heteroatoms. The minimum atomic E-state index is -0.976. The average Bonchev–Trinajstić information content (AvgIpc) is 3.60. The molecule has 0 radical (unpaired) electrons. The predicted octanol–water partition coefficient (Wildman–Crippen LogP) is 5.38. The number of nitrogens with one attached hydrogen (secondary N) is 3. The molecule has 2 aromatic carbocycles. The number of carbonyl (C=O) groups is 3. The van der Waals surface area contributed by atoms with Crippen LogP contribution < -0.4 is 21.5 Å². The highest BCUT2D eigenvalue weighted by atomic mass is 35.5. The van der Waals surface area contributed by atoms with Crippen molar-refractivity contribution in [2.24, 2.45) is 4.99 Å². The molecule has 0 saturated carbocycles. The molecule has 2 atom stereocenters. The Morgan fingerprint density at radius 2 is 1.63 bits per heavy atom. The van der Waals surface area contributed by atoms with E-state index in [0.29, 0.717) is 34.6 Å². The molecule has 2 unspecified atom stereocenters. The van der Waals surface area contributed by atoms with Gasteiger partial charge in [0.25, 0.3) is 11.5 Å². The lowest BCUT2D eigenvalue weighted by Crippen LogP contribution is -2.39. The fraction of sp³-hybridized carbons (Fsp3) is 0.351. The predicted molar refractivity (Wildman–Crippen MR) is 205 cm³/mol. The number of aromatic nitrogens is 5. The molecule has 0 bridgehead atoms. The Bertz CT molecular complexity index is 2200. The van der Waals surface area contributed by atoms with Gasteiger partial charge in [-0.05, 0) is 71.4 Å². The van der Waals surface area contributed by atoms with Crippen LogP contribution in [0.2, 0.25) is 5.02 Å². The average molecular weight is 744 g/mol. The SMILES string of the molecule is CCC(=O)NC(=O)C(C)n1ncc2c(NCCNC(=O)CC(C)/N=C(/c3ccc(Cl)cc3)c3c(-n4c(C)nnc4C)sc(C)c3C)cccc2c1=O. The van der Waals surface area contributed by atoms with E-state index in [0.717, 1.165) is 48.6 Å². The van der Waals surface area contributed by atoms with Gasteiger partial charge in [-0.1, -0.05) is 36.7 Å². The van der Waals surface area contributed by atoms with Gasteiger partial charge in [0.05, 0.1) is 23.3 Å². The second kappa shape index (κ2) is 16.4. The minimum absolute atomic E-state index is 0.146. The van der Waals surface area contributed by atoms with E-state index in [2.05, 4.69) is 45.1 Å². The van der Waals surface area contributed by atoms with Gasteiger partial charge in [-0.2, -0.15) is 5.10 Å². The van der Waals surface area contributed by atoms with Crippen LogP contribution in [0.5, 0.6) is 0 Å². The molecule has 0 aliphatic rings. The van der Waals surface area contributed by atoms with Crippen molar-refractivity contribution < 1.29 is 14.4 Å². The lowest BCUT2D eigenvalue weighted by Gasteiger charge is -2.16. The van der Waals surface area contributed by atoms with E-state index in [-0.39, 0.29) is 24.8 Å². The molecule has 3 aromatic heterocycles. The van der Waals surface area contributed by atoms with Gasteiger partial charge < -0.3 is 10.6 Å². The van der Waals surface area contributed by atoms with E-state index in [9.17, 15) is 19.2 Å². The molecular weight excluding hydrogens is 702 g/mol. The topological polar surface area (TPSA) is 165 Å². The Kier molecular flexibility index (Phi) is 12.0. The van der Waals surface area contributed by atoms with Gasteiger partial charge in [-0.25, -0.2) is 4.68 Å². The number of fused-ring (bicyclic) bond motifs is 1. The molecule has 0 aliphatic carbocycles. The van der Waals surface area contributed by atoms with Crippen LogP contribution in [0.1, 0.15) is 72.9 Å². The summed E-state index contributed by atoms with van der Waals surface area (Å²) in [7, 11) is 0. The van der Waals surface area contributed by atoms with Gasteiger partial charge in [0.1, 0.15) is 22.7 Å². The summed E-state index contributed by atoms with van der Waals surface area (Å²) >= 11 is 7.90. The number of amides is 3. The fourth-order valence-corrected chi connectivity index (χ4v) is 7.14. The van der Waals surface area contributed by atoms with Crippen LogP contribution >= 0.6 is 22.9 Å². The van der Waals surface area contributed by atoms with Crippen LogP contribution in [0.25, 0.3) is 15.8 Å². The molecule has 0 spiro atoms. The zero-order chi connectivity index (χ0) is 37.7. The van der Waals surface area contributed by atoms with Gasteiger partial charge in [-0.15, -0.1) is 21.5 Å². The Morgan fingerprint density at radius 1 is 0.942 bits per heavy atom. The molecule has 5 rings (SSSR count). The standard InChI is InChI=1S/C37H42ClN9O4S/c1-8-31(48)43-35(50)22(4)47-36(51)28-10-9-11-30(29(28)19-41-47)39-16-17-40-32(49)18-20(2)42-34(26-12-14-27(38)15-13-26)33-21(3)23(5)52-37(33)46-24(6)44-45-25(46)7/h9-15,19-20,22,39H,8,16-18H2,1-7H3,(H,40,49)(H,43,48,50)/b42-34-. The maximum Gasteiger partial charge on any atom is 0.275 e. The number of nitrogens with zero attached hydrogens (tertiary/aromatic N) is 6. The second-order valence-electron chi connectivity index (χ2n) is 12.5. The summed E-state index contributed by atoms with van der Waals surface area (Å²) < 4.78 is 3.10. The first-order chi connectivity index (χ1) is 24.8. The van der Waals surface area contributed by atoms with E-state index in [1.807, 2.05) is 55.7 Å². The maximum absolute atomic E-state index is 13.2. The van der Waals surface area contributed by atoms with E-state index in [1.165, 1.54) is 13.1 Å². The highest BCUT2D eigenvalue weighted by molar-refractivity contribution is 7.15. The third kappa shape index (κ3) is 8.29. The Labute approximate surface area is 310 Å². The van der Waals surface area contributed by atoms with Gasteiger partial charge in [-0.3, -0.25) is 34.1 Å². The maximum atomic E-state index is 13.2. The number of anilines is 1. The van der Waals surface area contributed by atoms with Crippen molar-refractivity contribution in [2.45, 2.75) is 73.4 Å². The first-order valence-corrected chi connectivity index (χ1v) is 18.2. The van der Waals surface area contributed by atoms with Gasteiger partial charge in [0, 0.05) is 58.0 Å². The summed E-state index contributed by atoms with van der Waals surface area (Å²) in [6.45, 7) is 13.8. The highest BCUT2D eigenvalue weighted by Gasteiger charge is 2.24. The Morgan fingerprint density at radius 3 is 2.31 bits per heavy atom. The molecule has 3 N–H and O–H groups in total. The van der Waals surface area contributed by atoms with Crippen LogP contribution in [-0.4, -0.2) is 67.1 Å². The summed E-state index contributed by atoms with van der Waals surface area (Å²) in [5.74, 6) is 0.349. The number of rotatable bonds is 13. The number of hydrogen-bond acceptors (Lipinski definition) is 10. The van der Waals surface area contributed by atoms with Crippen molar-refractivity contribution >= 4 is 62.8 Å². The van der Waals surface area contributed by atoms with Crippen molar-refractivity contribution in [3.05, 3.63) is 97.3 Å². The van der Waals surface area contributed by atoms with Crippen molar-refractivity contribution in [3.8, 4) is 5.00 Å². The molecule has 13 nitrogen and oxygen atoms in total. The molecule has 272 valence electrons. The smallest absolute Gasteiger partial charge is 0.275 e. The highest BCUT2D eigenvalue weighted by Crippen LogP contribution is 2.35. The van der Waals surface area contributed by atoms with E-state index >= 15 is 0 Å². The lowest BCUT2D eigenvalue weighted by atomic mass is 9.99. The molecule has 0 saturated heterocycles. The van der Waals surface area contributed by atoms with Crippen molar-refractivity contribution in [1.82, 2.24) is 35.2 Å². The van der Waals surface area contributed by atoms with Crippen LogP contribution in [0.15, 0.2) is 58.4 Å². The summed E-state index contributed by atoms with van der Waals surface area (Å²) in [6, 6.07) is 11.4. The zero-order valence-corrected chi connectivity index (χ0v) is 31.8. The van der Waals surface area contributed by atoms with Crippen LogP contribution in [0.3, 0.4) is 0 Å². The molecule has 5 aromatic rings. The number of imide groups is 1. The Hall–Kier alpha value is -5.21. The largest absolute Gasteiger partial charge is 0.383 e. The number of thiophene rings is 1. The monoisotopic (exact) mass is 743 g/mol. The summed E-state index contributed by atoms with van der Waals surface area (Å²) in [5, 5.41) is 23.8. The quantitative estimate of drug-likeness (QED) is 0.107. The second-order valence-corrected chi connectivity index (χ2v) is 14.2. The number of hydrogen-bond donors (Lipinski definition) is 3.